The lowest BCUT2D eigenvalue weighted by Gasteiger charge is -2.49. The molecule has 3 aliphatic rings. The van der Waals surface area contributed by atoms with Crippen molar-refractivity contribution < 1.29 is 9.21 Å². The summed E-state index contributed by atoms with van der Waals surface area (Å²) < 4.78 is 5.15. The van der Waals surface area contributed by atoms with Crippen molar-refractivity contribution in [1.82, 2.24) is 20.2 Å². The predicted molar refractivity (Wildman–Crippen MR) is 76.8 cm³/mol. The molecule has 21 heavy (non-hydrogen) atoms. The van der Waals surface area contributed by atoms with E-state index >= 15 is 0 Å². The van der Waals surface area contributed by atoms with Crippen LogP contribution in [-0.4, -0.2) is 45.9 Å². The summed E-state index contributed by atoms with van der Waals surface area (Å²) in [6.45, 7) is 4.51. The molecule has 0 aliphatic carbocycles. The van der Waals surface area contributed by atoms with E-state index in [4.69, 9.17) is 4.42 Å². The average Bonchev–Trinajstić information content (AvgIpc) is 2.98. The molecule has 0 saturated carbocycles. The van der Waals surface area contributed by atoms with Gasteiger partial charge in [0.2, 0.25) is 0 Å². The predicted octanol–water partition coefficient (Wildman–Crippen LogP) is 1.44. The van der Waals surface area contributed by atoms with Gasteiger partial charge in [-0.05, 0) is 44.8 Å². The Morgan fingerprint density at radius 2 is 2.19 bits per heavy atom. The largest absolute Gasteiger partial charge is 0.442 e. The Balaban J connectivity index is 1.54. The van der Waals surface area contributed by atoms with Gasteiger partial charge >= 0.3 is 0 Å². The lowest BCUT2D eigenvalue weighted by Crippen LogP contribution is -2.62. The minimum Gasteiger partial charge on any atom is -0.442 e. The molecule has 2 atom stereocenters. The number of carbonyl (C=O) groups excluding carboxylic acids is 1. The van der Waals surface area contributed by atoms with Gasteiger partial charge in [-0.15, -0.1) is 0 Å². The van der Waals surface area contributed by atoms with Crippen LogP contribution in [0.5, 0.6) is 0 Å². The second-order valence-electron chi connectivity index (χ2n) is 6.00. The van der Waals surface area contributed by atoms with Gasteiger partial charge in [0, 0.05) is 12.1 Å². The van der Waals surface area contributed by atoms with Gasteiger partial charge in [0.25, 0.3) is 5.91 Å². The van der Waals surface area contributed by atoms with Crippen molar-refractivity contribution in [2.45, 2.75) is 31.8 Å². The third-order valence-corrected chi connectivity index (χ3v) is 4.93. The van der Waals surface area contributed by atoms with E-state index in [1.165, 1.54) is 19.2 Å². The van der Waals surface area contributed by atoms with Gasteiger partial charge in [-0.25, -0.2) is 9.97 Å². The van der Waals surface area contributed by atoms with Crippen molar-refractivity contribution in [1.29, 1.82) is 0 Å². The van der Waals surface area contributed by atoms with Gasteiger partial charge in [-0.2, -0.15) is 0 Å². The molecule has 110 valence electrons. The summed E-state index contributed by atoms with van der Waals surface area (Å²) >= 11 is 0. The van der Waals surface area contributed by atoms with Crippen LogP contribution < -0.4 is 5.32 Å². The van der Waals surface area contributed by atoms with Crippen LogP contribution >= 0.6 is 0 Å². The molecule has 6 heteroatoms. The van der Waals surface area contributed by atoms with Gasteiger partial charge in [0.05, 0.1) is 6.20 Å². The third kappa shape index (κ3) is 2.10. The van der Waals surface area contributed by atoms with E-state index < -0.39 is 0 Å². The Morgan fingerprint density at radius 1 is 1.38 bits per heavy atom. The summed E-state index contributed by atoms with van der Waals surface area (Å²) in [7, 11) is 0. The molecule has 5 heterocycles. The Bertz CT molecular complexity index is 673. The second-order valence-corrected chi connectivity index (χ2v) is 6.00. The zero-order valence-electron chi connectivity index (χ0n) is 12.0. The summed E-state index contributed by atoms with van der Waals surface area (Å²) in [5, 5.41) is 3.17. The highest BCUT2D eigenvalue weighted by molar-refractivity contribution is 5.95. The number of carbonyl (C=O) groups is 1. The summed E-state index contributed by atoms with van der Waals surface area (Å²) in [5.41, 5.74) is 1.67. The first-order chi connectivity index (χ1) is 10.2. The number of nitrogens with zero attached hydrogens (tertiary/aromatic N) is 3. The van der Waals surface area contributed by atoms with Crippen LogP contribution in [0, 0.1) is 5.92 Å². The highest BCUT2D eigenvalue weighted by Crippen LogP contribution is 2.32. The number of fused-ring (bicyclic) bond motifs is 4. The zero-order valence-corrected chi connectivity index (χ0v) is 12.0. The lowest BCUT2D eigenvalue weighted by atomic mass is 9.79. The van der Waals surface area contributed by atoms with Gasteiger partial charge < -0.3 is 9.73 Å². The monoisotopic (exact) mass is 286 g/mol. The van der Waals surface area contributed by atoms with Crippen LogP contribution in [0.4, 0.5) is 0 Å². The Labute approximate surface area is 122 Å². The maximum absolute atomic E-state index is 12.4. The molecule has 1 N–H and O–H groups in total. The summed E-state index contributed by atoms with van der Waals surface area (Å²) in [6, 6.07) is 2.30. The molecule has 3 aliphatic heterocycles. The first kappa shape index (κ1) is 12.8. The van der Waals surface area contributed by atoms with E-state index in [0.717, 1.165) is 13.1 Å². The SMILES string of the molecule is C[C@H]1[C@H](NC(=O)c2cc3ncoc3cn2)C2CCN1CC2. The Hall–Kier alpha value is -1.95. The topological polar surface area (TPSA) is 71.3 Å². The molecule has 1 amide bonds. The normalized spacial score (nSPS) is 31.5. The number of amides is 1. The highest BCUT2D eigenvalue weighted by atomic mass is 16.3. The minimum atomic E-state index is -0.120. The molecule has 0 radical (unpaired) electrons. The smallest absolute Gasteiger partial charge is 0.270 e. The number of nitrogens with one attached hydrogen (secondary N) is 1. The second kappa shape index (κ2) is 4.80. The number of piperidine rings is 3. The molecule has 5 rings (SSSR count). The summed E-state index contributed by atoms with van der Waals surface area (Å²) in [4.78, 5) is 23.1. The van der Waals surface area contributed by atoms with Crippen LogP contribution in [0.3, 0.4) is 0 Å². The van der Waals surface area contributed by atoms with Crippen LogP contribution in [0.25, 0.3) is 11.1 Å². The molecule has 6 nitrogen and oxygen atoms in total. The van der Waals surface area contributed by atoms with Crippen molar-refractivity contribution in [3.8, 4) is 0 Å². The van der Waals surface area contributed by atoms with Crippen molar-refractivity contribution in [2.24, 2.45) is 5.92 Å². The fourth-order valence-corrected chi connectivity index (χ4v) is 3.66. The Kier molecular flexibility index (Phi) is 2.92. The molecule has 2 aromatic rings. The van der Waals surface area contributed by atoms with Crippen molar-refractivity contribution in [3.05, 3.63) is 24.4 Å². The van der Waals surface area contributed by atoms with Gasteiger partial charge in [0.1, 0.15) is 11.2 Å². The molecule has 2 bridgehead atoms. The van der Waals surface area contributed by atoms with Gasteiger partial charge in [0.15, 0.2) is 12.0 Å². The number of pyridine rings is 1. The average molecular weight is 286 g/mol. The third-order valence-electron chi connectivity index (χ3n) is 4.93. The number of hydrogen-bond acceptors (Lipinski definition) is 5. The van der Waals surface area contributed by atoms with Crippen LogP contribution in [0.1, 0.15) is 30.3 Å². The van der Waals surface area contributed by atoms with Gasteiger partial charge in [-0.3, -0.25) is 9.69 Å². The van der Waals surface area contributed by atoms with E-state index in [1.807, 2.05) is 0 Å². The highest BCUT2D eigenvalue weighted by Gasteiger charge is 2.40. The van der Waals surface area contributed by atoms with E-state index in [2.05, 4.69) is 27.1 Å². The molecule has 3 saturated heterocycles. The number of oxazole rings is 1. The minimum absolute atomic E-state index is 0.120. The standard InChI is InChI=1S/C15H18N4O2/c1-9-14(10-2-4-19(9)5-3-10)18-15(20)12-6-11-13(7-16-12)21-8-17-11/h6-10,14H,2-5H2,1H3,(H,18,20)/t9-,14-/m0/s1. The molecule has 3 fully saturated rings. The molecular weight excluding hydrogens is 268 g/mol. The number of hydrogen-bond donors (Lipinski definition) is 1. The van der Waals surface area contributed by atoms with E-state index in [0.29, 0.717) is 28.8 Å². The van der Waals surface area contributed by atoms with Crippen molar-refractivity contribution >= 4 is 17.0 Å². The van der Waals surface area contributed by atoms with Gasteiger partial charge in [-0.1, -0.05) is 0 Å². The van der Waals surface area contributed by atoms with Crippen LogP contribution in [0.2, 0.25) is 0 Å². The molecule has 0 unspecified atom stereocenters. The Morgan fingerprint density at radius 3 is 2.95 bits per heavy atom. The van der Waals surface area contributed by atoms with E-state index in [1.54, 1.807) is 12.3 Å². The molecule has 2 aromatic heterocycles. The van der Waals surface area contributed by atoms with Crippen LogP contribution in [0.15, 0.2) is 23.1 Å². The lowest BCUT2D eigenvalue weighted by molar-refractivity contribution is 0.0216. The quantitative estimate of drug-likeness (QED) is 0.904. The fourth-order valence-electron chi connectivity index (χ4n) is 3.66. The molecule has 0 aromatic carbocycles. The van der Waals surface area contributed by atoms with E-state index in [9.17, 15) is 4.79 Å². The van der Waals surface area contributed by atoms with Crippen LogP contribution in [-0.2, 0) is 0 Å². The van der Waals surface area contributed by atoms with Crippen molar-refractivity contribution in [2.75, 3.05) is 13.1 Å². The summed E-state index contributed by atoms with van der Waals surface area (Å²) in [6.07, 6.45) is 5.26. The zero-order chi connectivity index (χ0) is 14.4. The molecule has 0 spiro atoms. The maximum atomic E-state index is 12.4. The maximum Gasteiger partial charge on any atom is 0.270 e. The first-order valence-electron chi connectivity index (χ1n) is 7.46. The number of rotatable bonds is 2. The van der Waals surface area contributed by atoms with E-state index in [-0.39, 0.29) is 11.9 Å². The first-order valence-corrected chi connectivity index (χ1v) is 7.46. The van der Waals surface area contributed by atoms with Crippen molar-refractivity contribution in [3.63, 3.8) is 0 Å². The number of aromatic nitrogens is 2. The summed E-state index contributed by atoms with van der Waals surface area (Å²) in [5.74, 6) is 0.468. The fraction of sp³-hybridized carbons (Fsp3) is 0.533. The molecular formula is C15H18N4O2.